The highest BCUT2D eigenvalue weighted by Crippen LogP contribution is 2.21. The Morgan fingerprint density at radius 2 is 1.80 bits per heavy atom. The molecular weight excluding hydrogens is 460 g/mol. The van der Waals surface area contributed by atoms with Crippen LogP contribution in [0.5, 0.6) is 0 Å². The molecule has 0 saturated carbocycles. The fraction of sp³-hybridized carbons (Fsp3) is 0.222. The zero-order chi connectivity index (χ0) is 24.8. The second kappa shape index (κ2) is 11.0. The third-order valence-electron chi connectivity index (χ3n) is 5.89. The lowest BCUT2D eigenvalue weighted by molar-refractivity contribution is -0.118. The molecule has 0 bridgehead atoms. The lowest BCUT2D eigenvalue weighted by Gasteiger charge is -2.20. The predicted octanol–water partition coefficient (Wildman–Crippen LogP) is 4.69. The second-order valence-electron chi connectivity index (χ2n) is 8.11. The number of nitrogens with zero attached hydrogens (tertiary/aromatic N) is 1. The molecule has 2 aromatic heterocycles. The van der Waals surface area contributed by atoms with Gasteiger partial charge in [0.15, 0.2) is 0 Å². The van der Waals surface area contributed by atoms with Crippen LogP contribution < -0.4 is 10.6 Å². The molecule has 2 aromatic carbocycles. The fourth-order valence-electron chi connectivity index (χ4n) is 4.02. The maximum Gasteiger partial charge on any atom is 0.262 e. The van der Waals surface area contributed by atoms with Crippen molar-refractivity contribution in [2.45, 2.75) is 26.3 Å². The van der Waals surface area contributed by atoms with E-state index < -0.39 is 6.04 Å². The number of hydrogen-bond acceptors (Lipinski definition) is 4. The minimum Gasteiger partial charge on any atom is -0.361 e. The first-order valence-corrected chi connectivity index (χ1v) is 12.5. The Balaban J connectivity index is 1.57. The van der Waals surface area contributed by atoms with Gasteiger partial charge in [0, 0.05) is 47.9 Å². The summed E-state index contributed by atoms with van der Waals surface area (Å²) in [4.78, 5) is 44.4. The standard InChI is InChI=1S/C27H28N4O3S/c1-3-31(4-2)27(34)18-9-7-10-20(15-18)29-25(32)23(30-26(33)24-13-8-14-35-24)16-19-17-28-22-12-6-5-11-21(19)22/h5-15,17,23,28H,3-4,16H2,1-2H3,(H,29,32)(H,30,33)/t23-/m0/s1. The van der Waals surface area contributed by atoms with E-state index >= 15 is 0 Å². The van der Waals surface area contributed by atoms with E-state index in [0.717, 1.165) is 16.5 Å². The Labute approximate surface area is 208 Å². The van der Waals surface area contributed by atoms with Crippen LogP contribution in [-0.2, 0) is 11.2 Å². The molecule has 0 unspecified atom stereocenters. The monoisotopic (exact) mass is 488 g/mol. The van der Waals surface area contributed by atoms with Crippen molar-refractivity contribution >= 4 is 45.6 Å². The highest BCUT2D eigenvalue weighted by Gasteiger charge is 2.24. The van der Waals surface area contributed by atoms with Gasteiger partial charge in [-0.05, 0) is 55.1 Å². The molecule has 0 saturated heterocycles. The molecule has 35 heavy (non-hydrogen) atoms. The largest absolute Gasteiger partial charge is 0.361 e. The van der Waals surface area contributed by atoms with Gasteiger partial charge in [0.05, 0.1) is 4.88 Å². The Bertz CT molecular complexity index is 1330. The summed E-state index contributed by atoms with van der Waals surface area (Å²) in [5.74, 6) is -0.745. The van der Waals surface area contributed by atoms with Crippen LogP contribution in [0.1, 0.15) is 39.4 Å². The smallest absolute Gasteiger partial charge is 0.262 e. The first-order valence-electron chi connectivity index (χ1n) is 11.6. The number of para-hydroxylation sites is 1. The molecule has 3 N–H and O–H groups in total. The second-order valence-corrected chi connectivity index (χ2v) is 9.06. The Kier molecular flexibility index (Phi) is 7.62. The average Bonchev–Trinajstić information content (AvgIpc) is 3.55. The highest BCUT2D eigenvalue weighted by molar-refractivity contribution is 7.12. The van der Waals surface area contributed by atoms with Gasteiger partial charge in [-0.25, -0.2) is 0 Å². The van der Waals surface area contributed by atoms with Gasteiger partial charge in [-0.3, -0.25) is 14.4 Å². The van der Waals surface area contributed by atoms with Gasteiger partial charge >= 0.3 is 0 Å². The number of anilines is 1. The molecule has 7 nitrogen and oxygen atoms in total. The number of thiophene rings is 1. The summed E-state index contributed by atoms with van der Waals surface area (Å²) in [6.07, 6.45) is 2.18. The van der Waals surface area contributed by atoms with Gasteiger partial charge in [0.1, 0.15) is 6.04 Å². The minimum atomic E-state index is -0.814. The zero-order valence-electron chi connectivity index (χ0n) is 19.7. The third-order valence-corrected chi connectivity index (χ3v) is 6.76. The predicted molar refractivity (Wildman–Crippen MR) is 140 cm³/mol. The first-order chi connectivity index (χ1) is 17.0. The molecule has 0 aliphatic carbocycles. The van der Waals surface area contributed by atoms with Crippen LogP contribution in [0.4, 0.5) is 5.69 Å². The van der Waals surface area contributed by atoms with Gasteiger partial charge in [-0.15, -0.1) is 11.3 Å². The van der Waals surface area contributed by atoms with E-state index in [4.69, 9.17) is 0 Å². The van der Waals surface area contributed by atoms with E-state index in [-0.39, 0.29) is 17.7 Å². The molecule has 0 aliphatic rings. The summed E-state index contributed by atoms with van der Waals surface area (Å²) in [5.41, 5.74) is 2.90. The van der Waals surface area contributed by atoms with Crippen LogP contribution in [0.2, 0.25) is 0 Å². The molecule has 4 aromatic rings. The average molecular weight is 489 g/mol. The molecule has 0 radical (unpaired) electrons. The van der Waals surface area contributed by atoms with Crippen LogP contribution in [0.15, 0.2) is 72.2 Å². The molecule has 0 spiro atoms. The maximum absolute atomic E-state index is 13.4. The molecule has 2 heterocycles. The van der Waals surface area contributed by atoms with Crippen LogP contribution in [0.3, 0.4) is 0 Å². The van der Waals surface area contributed by atoms with Crippen molar-refractivity contribution in [2.75, 3.05) is 18.4 Å². The maximum atomic E-state index is 13.4. The SMILES string of the molecule is CCN(CC)C(=O)c1cccc(NC(=O)[C@H](Cc2c[nH]c3ccccc23)NC(=O)c2cccs2)c1. The number of carbonyl (C=O) groups is 3. The van der Waals surface area contributed by atoms with Gasteiger partial charge in [-0.1, -0.05) is 30.3 Å². The van der Waals surface area contributed by atoms with Crippen molar-refractivity contribution in [2.24, 2.45) is 0 Å². The van der Waals surface area contributed by atoms with Crippen molar-refractivity contribution in [1.82, 2.24) is 15.2 Å². The number of nitrogens with one attached hydrogen (secondary N) is 3. The van der Waals surface area contributed by atoms with E-state index in [1.54, 1.807) is 41.3 Å². The summed E-state index contributed by atoms with van der Waals surface area (Å²) >= 11 is 1.32. The van der Waals surface area contributed by atoms with Crippen molar-refractivity contribution in [1.29, 1.82) is 0 Å². The van der Waals surface area contributed by atoms with Gasteiger partial charge in [0.2, 0.25) is 5.91 Å². The number of carbonyl (C=O) groups excluding carboxylic acids is 3. The van der Waals surface area contributed by atoms with E-state index in [0.29, 0.717) is 35.6 Å². The molecule has 3 amide bonds. The van der Waals surface area contributed by atoms with Gasteiger partial charge in [-0.2, -0.15) is 0 Å². The molecule has 8 heteroatoms. The van der Waals surface area contributed by atoms with E-state index in [1.807, 2.05) is 49.7 Å². The number of fused-ring (bicyclic) bond motifs is 1. The van der Waals surface area contributed by atoms with Crippen LogP contribution in [0.25, 0.3) is 10.9 Å². The lowest BCUT2D eigenvalue weighted by atomic mass is 10.0. The number of H-pyrrole nitrogens is 1. The van der Waals surface area contributed by atoms with Gasteiger partial charge < -0.3 is 20.5 Å². The Morgan fingerprint density at radius 3 is 2.54 bits per heavy atom. The van der Waals surface area contributed by atoms with Crippen molar-refractivity contribution in [3.8, 4) is 0 Å². The Morgan fingerprint density at radius 1 is 1.00 bits per heavy atom. The van der Waals surface area contributed by atoms with E-state index in [1.165, 1.54) is 11.3 Å². The van der Waals surface area contributed by atoms with E-state index in [2.05, 4.69) is 15.6 Å². The first kappa shape index (κ1) is 24.2. The van der Waals surface area contributed by atoms with Crippen molar-refractivity contribution in [3.63, 3.8) is 0 Å². The van der Waals surface area contributed by atoms with Crippen LogP contribution in [0, 0.1) is 0 Å². The van der Waals surface area contributed by atoms with Crippen molar-refractivity contribution in [3.05, 3.63) is 88.2 Å². The molecular formula is C27H28N4O3S. The highest BCUT2D eigenvalue weighted by atomic mass is 32.1. The number of aromatic nitrogens is 1. The minimum absolute atomic E-state index is 0.0903. The fourth-order valence-corrected chi connectivity index (χ4v) is 4.65. The number of amides is 3. The summed E-state index contributed by atoms with van der Waals surface area (Å²) in [6.45, 7) is 5.07. The zero-order valence-corrected chi connectivity index (χ0v) is 20.5. The van der Waals surface area contributed by atoms with Gasteiger partial charge in [0.25, 0.3) is 11.8 Å². The van der Waals surface area contributed by atoms with Crippen LogP contribution in [-0.4, -0.2) is 46.7 Å². The van der Waals surface area contributed by atoms with Crippen molar-refractivity contribution < 1.29 is 14.4 Å². The summed E-state index contributed by atoms with van der Waals surface area (Å²) in [5, 5.41) is 8.60. The summed E-state index contributed by atoms with van der Waals surface area (Å²) in [6, 6.07) is 17.4. The number of aromatic amines is 1. The lowest BCUT2D eigenvalue weighted by Crippen LogP contribution is -2.45. The number of rotatable bonds is 9. The van der Waals surface area contributed by atoms with E-state index in [9.17, 15) is 14.4 Å². The third kappa shape index (κ3) is 5.60. The quantitative estimate of drug-likeness (QED) is 0.319. The molecule has 0 fully saturated rings. The molecule has 4 rings (SSSR count). The Hall–Kier alpha value is -3.91. The molecule has 180 valence electrons. The molecule has 1 atom stereocenters. The molecule has 0 aliphatic heterocycles. The number of benzene rings is 2. The normalized spacial score (nSPS) is 11.7. The summed E-state index contributed by atoms with van der Waals surface area (Å²) < 4.78 is 0. The van der Waals surface area contributed by atoms with Crippen LogP contribution >= 0.6 is 11.3 Å². The topological polar surface area (TPSA) is 94.3 Å². The number of hydrogen-bond donors (Lipinski definition) is 3. The summed E-state index contributed by atoms with van der Waals surface area (Å²) in [7, 11) is 0.